The quantitative estimate of drug-likeness (QED) is 0.478. The summed E-state index contributed by atoms with van der Waals surface area (Å²) in [5, 5.41) is 4.77. The first-order chi connectivity index (χ1) is 14.5. The molecule has 6 nitrogen and oxygen atoms in total. The number of aromatic nitrogens is 3. The number of carbonyl (C=O) groups excluding carboxylic acids is 1. The van der Waals surface area contributed by atoms with Gasteiger partial charge >= 0.3 is 0 Å². The van der Waals surface area contributed by atoms with E-state index in [-0.39, 0.29) is 17.9 Å². The summed E-state index contributed by atoms with van der Waals surface area (Å²) >= 11 is 1.53. The minimum absolute atomic E-state index is 0.186. The molecule has 4 aromatic rings. The lowest BCUT2D eigenvalue weighted by Gasteiger charge is -2.07. The summed E-state index contributed by atoms with van der Waals surface area (Å²) in [6.45, 7) is 1.82. The van der Waals surface area contributed by atoms with Gasteiger partial charge in [-0.15, -0.1) is 11.8 Å². The highest BCUT2D eigenvalue weighted by Gasteiger charge is 2.18. The fraction of sp³-hybridized carbons (Fsp3) is 0.174. The molecule has 0 aliphatic heterocycles. The van der Waals surface area contributed by atoms with Crippen LogP contribution in [0.3, 0.4) is 0 Å². The summed E-state index contributed by atoms with van der Waals surface area (Å²) in [4.78, 5) is 30.0. The summed E-state index contributed by atoms with van der Waals surface area (Å²) in [6, 6.07) is 21.3. The van der Waals surface area contributed by atoms with E-state index in [1.54, 1.807) is 16.4 Å². The molecule has 1 amide bonds. The van der Waals surface area contributed by atoms with Crippen molar-refractivity contribution in [3.63, 3.8) is 0 Å². The smallest absolute Gasteiger partial charge is 0.295 e. The Bertz CT molecular complexity index is 1260. The predicted octanol–water partition coefficient (Wildman–Crippen LogP) is 4.15. The molecule has 30 heavy (non-hydrogen) atoms. The molecule has 0 fully saturated rings. The minimum atomic E-state index is -0.238. The van der Waals surface area contributed by atoms with Gasteiger partial charge in [-0.1, -0.05) is 42.5 Å². The second kappa shape index (κ2) is 8.59. The molecule has 0 atom stereocenters. The summed E-state index contributed by atoms with van der Waals surface area (Å²) in [7, 11) is 1.81. The fourth-order valence-electron chi connectivity index (χ4n) is 3.29. The van der Waals surface area contributed by atoms with Gasteiger partial charge in [0.05, 0.1) is 21.9 Å². The second-order valence-corrected chi connectivity index (χ2v) is 8.04. The Morgan fingerprint density at radius 2 is 1.77 bits per heavy atom. The summed E-state index contributed by atoms with van der Waals surface area (Å²) in [6.07, 6.45) is 0.290. The summed E-state index contributed by atoms with van der Waals surface area (Å²) in [5.41, 5.74) is 2.49. The molecule has 0 saturated heterocycles. The lowest BCUT2D eigenvalue weighted by atomic mass is 10.2. The second-order valence-electron chi connectivity index (χ2n) is 6.93. The molecular weight excluding hydrogens is 396 g/mol. The number of benzene rings is 2. The molecule has 2 aromatic carbocycles. The fourth-order valence-corrected chi connectivity index (χ4v) is 4.11. The number of fused-ring (bicyclic) bond motifs is 1. The Hall–Kier alpha value is -3.32. The van der Waals surface area contributed by atoms with Crippen molar-refractivity contribution in [2.24, 2.45) is 7.05 Å². The van der Waals surface area contributed by atoms with Crippen LogP contribution >= 0.6 is 11.8 Å². The highest BCUT2D eigenvalue weighted by atomic mass is 32.2. The first kappa shape index (κ1) is 20.0. The number of amides is 1. The van der Waals surface area contributed by atoms with E-state index in [0.29, 0.717) is 17.1 Å². The third-order valence-corrected chi connectivity index (χ3v) is 5.90. The number of hydrogen-bond acceptors (Lipinski definition) is 4. The molecule has 152 valence electrons. The van der Waals surface area contributed by atoms with Crippen LogP contribution in [-0.2, 0) is 11.8 Å². The van der Waals surface area contributed by atoms with Crippen LogP contribution in [0.15, 0.2) is 76.6 Å². The maximum atomic E-state index is 12.9. The van der Waals surface area contributed by atoms with Crippen molar-refractivity contribution >= 4 is 34.3 Å². The van der Waals surface area contributed by atoms with Crippen molar-refractivity contribution in [2.75, 3.05) is 11.1 Å². The molecule has 0 saturated carbocycles. The number of rotatable bonds is 6. The van der Waals surface area contributed by atoms with Gasteiger partial charge in [-0.2, -0.15) is 0 Å². The van der Waals surface area contributed by atoms with Crippen molar-refractivity contribution in [1.82, 2.24) is 14.3 Å². The van der Waals surface area contributed by atoms with Crippen LogP contribution in [0.4, 0.5) is 5.69 Å². The van der Waals surface area contributed by atoms with Crippen molar-refractivity contribution in [2.45, 2.75) is 18.4 Å². The van der Waals surface area contributed by atoms with Gasteiger partial charge in [0.25, 0.3) is 5.56 Å². The molecule has 7 heteroatoms. The number of nitrogens with zero attached hydrogens (tertiary/aromatic N) is 3. The molecule has 4 rings (SSSR count). The zero-order chi connectivity index (χ0) is 21.1. The van der Waals surface area contributed by atoms with Gasteiger partial charge in [-0.25, -0.2) is 9.67 Å². The van der Waals surface area contributed by atoms with Crippen LogP contribution in [0.25, 0.3) is 16.6 Å². The van der Waals surface area contributed by atoms with Crippen molar-refractivity contribution < 1.29 is 4.79 Å². The maximum Gasteiger partial charge on any atom is 0.295 e. The van der Waals surface area contributed by atoms with E-state index in [2.05, 4.69) is 10.3 Å². The van der Waals surface area contributed by atoms with E-state index >= 15 is 0 Å². The number of thioether (sulfide) groups is 1. The first-order valence-corrected chi connectivity index (χ1v) is 10.7. The number of nitrogens with one attached hydrogen (secondary N) is 1. The van der Waals surface area contributed by atoms with Crippen molar-refractivity contribution in [3.8, 4) is 5.69 Å². The average molecular weight is 419 g/mol. The number of carbonyl (C=O) groups is 1. The van der Waals surface area contributed by atoms with Gasteiger partial charge in [0, 0.05) is 24.6 Å². The van der Waals surface area contributed by atoms with Crippen molar-refractivity contribution in [1.29, 1.82) is 0 Å². The highest BCUT2D eigenvalue weighted by molar-refractivity contribution is 7.99. The molecule has 0 aliphatic carbocycles. The predicted molar refractivity (Wildman–Crippen MR) is 121 cm³/mol. The zero-order valence-electron chi connectivity index (χ0n) is 16.8. The number of hydrogen-bond donors (Lipinski definition) is 1. The topological polar surface area (TPSA) is 68.9 Å². The molecule has 0 aliphatic rings. The number of pyridine rings is 1. The molecule has 2 aromatic heterocycles. The van der Waals surface area contributed by atoms with Crippen molar-refractivity contribution in [3.05, 3.63) is 82.8 Å². The third kappa shape index (κ3) is 4.02. The molecule has 0 spiro atoms. The number of anilines is 1. The largest absolute Gasteiger partial charge is 0.320 e. The van der Waals surface area contributed by atoms with E-state index in [1.165, 1.54) is 11.8 Å². The molecular formula is C23H22N4O2S. The Morgan fingerprint density at radius 1 is 1.03 bits per heavy atom. The molecule has 1 N–H and O–H groups in total. The Labute approximate surface area is 178 Å². The van der Waals surface area contributed by atoms with Gasteiger partial charge in [-0.3, -0.25) is 14.3 Å². The Kier molecular flexibility index (Phi) is 5.72. The van der Waals surface area contributed by atoms with Gasteiger partial charge in [0.2, 0.25) is 5.91 Å². The van der Waals surface area contributed by atoms with Gasteiger partial charge in [-0.05, 0) is 31.2 Å². The van der Waals surface area contributed by atoms with Crippen LogP contribution in [-0.4, -0.2) is 26.0 Å². The van der Waals surface area contributed by atoms with E-state index < -0.39 is 0 Å². The average Bonchev–Trinajstić information content (AvgIpc) is 2.97. The van der Waals surface area contributed by atoms with Gasteiger partial charge < -0.3 is 5.32 Å². The highest BCUT2D eigenvalue weighted by Crippen LogP contribution is 2.21. The van der Waals surface area contributed by atoms with Gasteiger partial charge in [0.1, 0.15) is 5.69 Å². The zero-order valence-corrected chi connectivity index (χ0v) is 17.6. The van der Waals surface area contributed by atoms with E-state index in [0.717, 1.165) is 21.6 Å². The third-order valence-electron chi connectivity index (χ3n) is 4.97. The van der Waals surface area contributed by atoms with E-state index in [1.807, 2.05) is 73.7 Å². The number of para-hydroxylation sites is 2. The van der Waals surface area contributed by atoms with E-state index in [4.69, 9.17) is 0 Å². The molecule has 0 bridgehead atoms. The Balaban J connectivity index is 1.42. The molecule has 0 unspecified atom stereocenters. The van der Waals surface area contributed by atoms with Crippen LogP contribution in [0, 0.1) is 6.92 Å². The van der Waals surface area contributed by atoms with Gasteiger partial charge in [0.15, 0.2) is 0 Å². The monoisotopic (exact) mass is 418 g/mol. The SMILES string of the molecule is Cc1c(NC(=O)CCSc2ccc3ccccc3n2)c(=O)n(-c2ccccc2)n1C. The maximum absolute atomic E-state index is 12.9. The van der Waals surface area contributed by atoms with Crippen LogP contribution < -0.4 is 10.9 Å². The lowest BCUT2D eigenvalue weighted by molar-refractivity contribution is -0.115. The lowest BCUT2D eigenvalue weighted by Crippen LogP contribution is -2.23. The van der Waals surface area contributed by atoms with Crippen LogP contribution in [0.5, 0.6) is 0 Å². The van der Waals surface area contributed by atoms with Crippen LogP contribution in [0.2, 0.25) is 0 Å². The summed E-state index contributed by atoms with van der Waals surface area (Å²) in [5.74, 6) is 0.393. The first-order valence-electron chi connectivity index (χ1n) is 9.67. The standard InChI is InChI=1S/C23H22N4O2S/c1-16-22(23(29)27(26(16)2)18-9-4-3-5-10-18)25-20(28)14-15-30-21-13-12-17-8-6-7-11-19(17)24-21/h3-13H,14-15H2,1-2H3,(H,25,28). The Morgan fingerprint density at radius 3 is 2.57 bits per heavy atom. The molecule has 2 heterocycles. The van der Waals surface area contributed by atoms with Crippen LogP contribution in [0.1, 0.15) is 12.1 Å². The summed E-state index contributed by atoms with van der Waals surface area (Å²) < 4.78 is 3.31. The minimum Gasteiger partial charge on any atom is -0.320 e. The van der Waals surface area contributed by atoms with E-state index in [9.17, 15) is 9.59 Å². The normalized spacial score (nSPS) is 11.0. The molecule has 0 radical (unpaired) electrons.